The number of carboxylic acids is 1. The number of aromatic carboxylic acids is 1. The zero-order valence-corrected chi connectivity index (χ0v) is 20.0. The van der Waals surface area contributed by atoms with E-state index in [1.807, 2.05) is 6.07 Å². The van der Waals surface area contributed by atoms with Gasteiger partial charge in [0, 0.05) is 38.8 Å². The van der Waals surface area contributed by atoms with Crippen molar-refractivity contribution in [1.82, 2.24) is 4.90 Å². The summed E-state index contributed by atoms with van der Waals surface area (Å²) in [4.78, 5) is 16.0. The van der Waals surface area contributed by atoms with Gasteiger partial charge in [-0.25, -0.2) is 4.79 Å². The Morgan fingerprint density at radius 3 is 2.25 bits per heavy atom. The molecule has 32 heavy (non-hydrogen) atoms. The molecule has 0 amide bonds. The third kappa shape index (κ3) is 5.82. The minimum absolute atomic E-state index is 0.203. The Morgan fingerprint density at radius 2 is 1.59 bits per heavy atom. The predicted octanol–water partition coefficient (Wildman–Crippen LogP) is 6.10. The van der Waals surface area contributed by atoms with Crippen molar-refractivity contribution in [2.24, 2.45) is 5.92 Å². The van der Waals surface area contributed by atoms with Crippen molar-refractivity contribution >= 4 is 46.5 Å². The van der Waals surface area contributed by atoms with E-state index >= 15 is 0 Å². The number of carboxylic acid groups (broad SMARTS) is 1. The van der Waals surface area contributed by atoms with Crippen LogP contribution in [-0.4, -0.2) is 54.8 Å². The summed E-state index contributed by atoms with van der Waals surface area (Å²) in [6.45, 7) is 4.93. The Labute approximate surface area is 203 Å². The zero-order chi connectivity index (χ0) is 22.7. The van der Waals surface area contributed by atoms with Gasteiger partial charge in [0.25, 0.3) is 0 Å². The van der Waals surface area contributed by atoms with E-state index in [0.717, 1.165) is 69.8 Å². The lowest BCUT2D eigenvalue weighted by Gasteiger charge is -2.38. The first-order valence-corrected chi connectivity index (χ1v) is 12.1. The average Bonchev–Trinajstić information content (AvgIpc) is 2.78. The molecule has 0 aliphatic carbocycles. The molecule has 0 bridgehead atoms. The van der Waals surface area contributed by atoms with Crippen LogP contribution in [-0.2, 0) is 0 Å². The second-order valence-corrected chi connectivity index (χ2v) is 9.82. The van der Waals surface area contributed by atoms with Gasteiger partial charge in [-0.1, -0.05) is 34.8 Å². The van der Waals surface area contributed by atoms with Gasteiger partial charge in [-0.2, -0.15) is 0 Å². The van der Waals surface area contributed by atoms with E-state index < -0.39 is 5.97 Å². The molecule has 1 N–H and O–H groups in total. The van der Waals surface area contributed by atoms with Gasteiger partial charge in [-0.15, -0.1) is 0 Å². The molecule has 0 atom stereocenters. The molecular weight excluding hydrogens is 471 g/mol. The molecule has 2 aromatic carbocycles. The van der Waals surface area contributed by atoms with Crippen LogP contribution < -0.4 is 9.64 Å². The van der Waals surface area contributed by atoms with Gasteiger partial charge in [-0.3, -0.25) is 0 Å². The summed E-state index contributed by atoms with van der Waals surface area (Å²) in [5.74, 6) is 0.486. The highest BCUT2D eigenvalue weighted by Gasteiger charge is 2.26. The number of hydrogen-bond donors (Lipinski definition) is 1. The van der Waals surface area contributed by atoms with Gasteiger partial charge >= 0.3 is 5.97 Å². The smallest absolute Gasteiger partial charge is 0.335 e. The monoisotopic (exact) mass is 496 g/mol. The first-order valence-electron chi connectivity index (χ1n) is 11.0. The van der Waals surface area contributed by atoms with Crippen LogP contribution in [0.15, 0.2) is 36.4 Å². The normalized spacial score (nSPS) is 18.7. The Bertz CT molecular complexity index is 956. The van der Waals surface area contributed by atoms with Crippen LogP contribution in [0, 0.1) is 5.92 Å². The molecule has 2 aromatic rings. The summed E-state index contributed by atoms with van der Waals surface area (Å²) in [6, 6.07) is 10.3. The van der Waals surface area contributed by atoms with Gasteiger partial charge < -0.3 is 19.6 Å². The van der Waals surface area contributed by atoms with Crippen LogP contribution in [0.25, 0.3) is 0 Å². The molecule has 172 valence electrons. The summed E-state index contributed by atoms with van der Waals surface area (Å²) in [5, 5.41) is 10.9. The van der Waals surface area contributed by atoms with Crippen LogP contribution >= 0.6 is 34.8 Å². The van der Waals surface area contributed by atoms with Crippen LogP contribution in [0.1, 0.15) is 36.0 Å². The Hall–Kier alpha value is -1.66. The zero-order valence-electron chi connectivity index (χ0n) is 17.8. The number of ether oxygens (including phenoxy) is 1. The van der Waals surface area contributed by atoms with E-state index in [9.17, 15) is 9.90 Å². The Balaban J connectivity index is 1.23. The van der Waals surface area contributed by atoms with E-state index in [4.69, 9.17) is 39.5 Å². The fourth-order valence-corrected chi connectivity index (χ4v) is 5.09. The van der Waals surface area contributed by atoms with Crippen LogP contribution in [0.3, 0.4) is 0 Å². The highest BCUT2D eigenvalue weighted by Crippen LogP contribution is 2.32. The molecule has 8 heteroatoms. The van der Waals surface area contributed by atoms with Crippen LogP contribution in [0.4, 0.5) is 5.69 Å². The number of benzene rings is 2. The van der Waals surface area contributed by atoms with Gasteiger partial charge in [-0.05, 0) is 61.9 Å². The van der Waals surface area contributed by atoms with Crippen molar-refractivity contribution < 1.29 is 14.6 Å². The molecule has 2 aliphatic heterocycles. The summed E-state index contributed by atoms with van der Waals surface area (Å²) in [5.41, 5.74) is 1.10. The standard InChI is InChI=1S/C24H27Cl3N2O3/c25-20-4-2-19(14-22(20)27)32-18-7-9-28(10-8-18)15-16-5-11-29(12-6-16)23-13-17(24(30)31)1-3-21(23)26/h1-4,13-14,16,18H,5-12,15H2,(H,30,31). The number of hydrogen-bond acceptors (Lipinski definition) is 4. The predicted molar refractivity (Wildman–Crippen MR) is 130 cm³/mol. The van der Waals surface area contributed by atoms with Crippen molar-refractivity contribution in [2.45, 2.75) is 31.8 Å². The quantitative estimate of drug-likeness (QED) is 0.522. The maximum absolute atomic E-state index is 11.3. The second-order valence-electron chi connectivity index (χ2n) is 8.60. The van der Waals surface area contributed by atoms with Crippen molar-refractivity contribution in [2.75, 3.05) is 37.6 Å². The minimum atomic E-state index is -0.927. The summed E-state index contributed by atoms with van der Waals surface area (Å²) >= 11 is 18.4. The molecule has 0 radical (unpaired) electrons. The minimum Gasteiger partial charge on any atom is -0.490 e. The number of rotatable bonds is 6. The number of nitrogens with zero attached hydrogens (tertiary/aromatic N) is 2. The van der Waals surface area contributed by atoms with E-state index in [1.54, 1.807) is 30.3 Å². The maximum atomic E-state index is 11.3. The van der Waals surface area contributed by atoms with Crippen LogP contribution in [0.2, 0.25) is 15.1 Å². The number of carbonyl (C=O) groups is 1. The van der Waals surface area contributed by atoms with E-state index in [-0.39, 0.29) is 11.7 Å². The highest BCUT2D eigenvalue weighted by atomic mass is 35.5. The van der Waals surface area contributed by atoms with Gasteiger partial charge in [0.15, 0.2) is 0 Å². The molecule has 2 saturated heterocycles. The largest absolute Gasteiger partial charge is 0.490 e. The molecule has 2 fully saturated rings. The fraction of sp³-hybridized carbons (Fsp3) is 0.458. The first-order chi connectivity index (χ1) is 15.4. The molecular formula is C24H27Cl3N2O3. The fourth-order valence-electron chi connectivity index (χ4n) is 4.56. The third-order valence-corrected chi connectivity index (χ3v) is 7.45. The highest BCUT2D eigenvalue weighted by molar-refractivity contribution is 6.42. The van der Waals surface area contributed by atoms with E-state index in [2.05, 4.69) is 9.80 Å². The molecule has 0 aromatic heterocycles. The summed E-state index contributed by atoms with van der Waals surface area (Å²) in [7, 11) is 0. The van der Waals surface area contributed by atoms with Crippen molar-refractivity contribution in [1.29, 1.82) is 0 Å². The lowest BCUT2D eigenvalue weighted by Crippen LogP contribution is -2.43. The third-order valence-electron chi connectivity index (χ3n) is 6.39. The number of halogens is 3. The average molecular weight is 498 g/mol. The first kappa shape index (κ1) is 23.5. The van der Waals surface area contributed by atoms with Crippen molar-refractivity contribution in [3.63, 3.8) is 0 Å². The molecule has 0 saturated carbocycles. The topological polar surface area (TPSA) is 53.0 Å². The molecule has 2 aliphatic rings. The maximum Gasteiger partial charge on any atom is 0.335 e. The molecule has 5 nitrogen and oxygen atoms in total. The van der Waals surface area contributed by atoms with Crippen LogP contribution in [0.5, 0.6) is 5.75 Å². The van der Waals surface area contributed by atoms with Crippen molar-refractivity contribution in [3.05, 3.63) is 57.0 Å². The van der Waals surface area contributed by atoms with Gasteiger partial charge in [0.05, 0.1) is 26.3 Å². The summed E-state index contributed by atoms with van der Waals surface area (Å²) in [6.07, 6.45) is 4.35. The molecule has 0 spiro atoms. The van der Waals surface area contributed by atoms with Crippen molar-refractivity contribution in [3.8, 4) is 5.75 Å². The number of anilines is 1. The lowest BCUT2D eigenvalue weighted by molar-refractivity contribution is 0.0697. The second kappa shape index (κ2) is 10.5. The van der Waals surface area contributed by atoms with Gasteiger partial charge in [0.2, 0.25) is 0 Å². The molecule has 2 heterocycles. The number of piperidine rings is 2. The van der Waals surface area contributed by atoms with E-state index in [0.29, 0.717) is 21.0 Å². The number of likely N-dealkylation sites (tertiary alicyclic amines) is 1. The van der Waals surface area contributed by atoms with Gasteiger partial charge in [0.1, 0.15) is 11.9 Å². The Morgan fingerprint density at radius 1 is 0.906 bits per heavy atom. The molecule has 0 unspecified atom stereocenters. The molecule has 4 rings (SSSR count). The summed E-state index contributed by atoms with van der Waals surface area (Å²) < 4.78 is 6.10. The SMILES string of the molecule is O=C(O)c1ccc(Cl)c(N2CCC(CN3CCC(Oc4ccc(Cl)c(Cl)c4)CC3)CC2)c1. The Kier molecular flexibility index (Phi) is 7.72. The lowest BCUT2D eigenvalue weighted by atomic mass is 9.94. The van der Waals surface area contributed by atoms with E-state index in [1.165, 1.54) is 0 Å².